The molecule has 8 heteroatoms. The molecular weight excluding hydrogens is 460 g/mol. The largest absolute Gasteiger partial charge is 0.325 e. The second-order valence-electron chi connectivity index (χ2n) is 6.62. The van der Waals surface area contributed by atoms with Crippen LogP contribution in [0.2, 0.25) is 0 Å². The molecule has 0 aromatic heterocycles. The van der Waals surface area contributed by atoms with Crippen molar-refractivity contribution in [2.45, 2.75) is 29.9 Å². The number of piperidine rings is 1. The Morgan fingerprint density at radius 1 is 1.04 bits per heavy atom. The number of hydrogen-bond acceptors (Lipinski definition) is 4. The molecule has 28 heavy (non-hydrogen) atoms. The molecule has 3 rings (SSSR count). The minimum absolute atomic E-state index is 0.108. The van der Waals surface area contributed by atoms with Crippen molar-refractivity contribution in [3.8, 4) is 0 Å². The van der Waals surface area contributed by atoms with E-state index in [2.05, 4.69) is 21.2 Å². The third-order valence-corrected chi connectivity index (χ3v) is 8.21. The van der Waals surface area contributed by atoms with Gasteiger partial charge in [0.1, 0.15) is 0 Å². The first-order valence-corrected chi connectivity index (χ1v) is 12.6. The van der Waals surface area contributed by atoms with E-state index >= 15 is 0 Å². The molecule has 0 aliphatic carbocycles. The van der Waals surface area contributed by atoms with E-state index in [9.17, 15) is 13.2 Å². The number of hydrogen-bond donors (Lipinski definition) is 1. The molecule has 5 nitrogen and oxygen atoms in total. The molecule has 0 radical (unpaired) electrons. The summed E-state index contributed by atoms with van der Waals surface area (Å²) >= 11 is 5.03. The number of amides is 1. The van der Waals surface area contributed by atoms with Crippen LogP contribution < -0.4 is 5.32 Å². The average molecular weight is 483 g/mol. The van der Waals surface area contributed by atoms with Gasteiger partial charge < -0.3 is 5.32 Å². The molecule has 1 heterocycles. The first-order valence-electron chi connectivity index (χ1n) is 9.18. The van der Waals surface area contributed by atoms with Crippen molar-refractivity contribution in [2.75, 3.05) is 24.2 Å². The van der Waals surface area contributed by atoms with Crippen LogP contribution in [0.3, 0.4) is 0 Å². The molecule has 1 aliphatic heterocycles. The second-order valence-corrected chi connectivity index (χ2v) is 10.4. The Kier molecular flexibility index (Phi) is 7.56. The van der Waals surface area contributed by atoms with E-state index in [1.807, 2.05) is 24.3 Å². The second kappa shape index (κ2) is 9.91. The predicted molar refractivity (Wildman–Crippen MR) is 118 cm³/mol. The summed E-state index contributed by atoms with van der Waals surface area (Å²) in [7, 11) is -3.44. The molecule has 1 saturated heterocycles. The summed E-state index contributed by atoms with van der Waals surface area (Å²) in [6, 6.07) is 14.4. The Hall–Kier alpha value is -1.35. The van der Waals surface area contributed by atoms with Crippen LogP contribution in [0.1, 0.15) is 24.8 Å². The first kappa shape index (κ1) is 21.4. The summed E-state index contributed by atoms with van der Waals surface area (Å²) in [5, 5.41) is 2.82. The van der Waals surface area contributed by atoms with Crippen LogP contribution in [0.4, 0.5) is 5.69 Å². The van der Waals surface area contributed by atoms with E-state index in [0.29, 0.717) is 24.5 Å². The van der Waals surface area contributed by atoms with Crippen molar-refractivity contribution >= 4 is 49.3 Å². The van der Waals surface area contributed by atoms with E-state index in [1.54, 1.807) is 28.6 Å². The van der Waals surface area contributed by atoms with Crippen LogP contribution in [-0.4, -0.2) is 37.5 Å². The number of sulfonamides is 1. The molecule has 0 spiro atoms. The van der Waals surface area contributed by atoms with Crippen molar-refractivity contribution in [1.29, 1.82) is 0 Å². The lowest BCUT2D eigenvalue weighted by Crippen LogP contribution is -2.35. The van der Waals surface area contributed by atoms with Crippen molar-refractivity contribution in [3.63, 3.8) is 0 Å². The third kappa shape index (κ3) is 5.59. The lowest BCUT2D eigenvalue weighted by atomic mass is 10.2. The lowest BCUT2D eigenvalue weighted by Gasteiger charge is -2.25. The number of thioether (sulfide) groups is 1. The van der Waals surface area contributed by atoms with Crippen LogP contribution in [0.15, 0.2) is 57.9 Å². The van der Waals surface area contributed by atoms with Crippen molar-refractivity contribution in [2.24, 2.45) is 0 Å². The maximum atomic E-state index is 12.7. The fraction of sp³-hybridized carbons (Fsp3) is 0.350. The first-order chi connectivity index (χ1) is 13.5. The molecule has 1 aliphatic rings. The Labute approximate surface area is 179 Å². The Morgan fingerprint density at radius 3 is 2.39 bits per heavy atom. The Morgan fingerprint density at radius 2 is 1.71 bits per heavy atom. The van der Waals surface area contributed by atoms with Gasteiger partial charge in [-0.2, -0.15) is 4.31 Å². The highest BCUT2D eigenvalue weighted by molar-refractivity contribution is 9.10. The van der Waals surface area contributed by atoms with E-state index < -0.39 is 10.0 Å². The number of anilines is 1. The molecule has 0 unspecified atom stereocenters. The van der Waals surface area contributed by atoms with Crippen molar-refractivity contribution in [3.05, 3.63) is 58.6 Å². The normalized spacial score (nSPS) is 15.3. The molecule has 150 valence electrons. The molecule has 2 aromatic rings. The van der Waals surface area contributed by atoms with Crippen LogP contribution in [0.25, 0.3) is 0 Å². The van der Waals surface area contributed by atoms with E-state index in [-0.39, 0.29) is 10.8 Å². The van der Waals surface area contributed by atoms with Gasteiger partial charge in [0.2, 0.25) is 15.9 Å². The zero-order chi connectivity index (χ0) is 20.0. The summed E-state index contributed by atoms with van der Waals surface area (Å²) in [6.07, 6.45) is 2.89. The smallest absolute Gasteiger partial charge is 0.243 e. The Bertz CT molecular complexity index is 911. The van der Waals surface area contributed by atoms with Crippen LogP contribution in [0.5, 0.6) is 0 Å². The number of nitrogens with zero attached hydrogens (tertiary/aromatic N) is 1. The van der Waals surface area contributed by atoms with Gasteiger partial charge in [0.05, 0.1) is 10.6 Å². The highest BCUT2D eigenvalue weighted by Gasteiger charge is 2.25. The average Bonchev–Trinajstić information content (AvgIpc) is 2.70. The third-order valence-electron chi connectivity index (χ3n) is 4.54. The minimum Gasteiger partial charge on any atom is -0.325 e. The zero-order valence-corrected chi connectivity index (χ0v) is 18.7. The predicted octanol–water partition coefficient (Wildman–Crippen LogP) is 4.50. The van der Waals surface area contributed by atoms with Crippen LogP contribution in [-0.2, 0) is 20.6 Å². The van der Waals surface area contributed by atoms with Gasteiger partial charge in [-0.1, -0.05) is 40.5 Å². The summed E-state index contributed by atoms with van der Waals surface area (Å²) in [5.41, 5.74) is 1.75. The fourth-order valence-corrected chi connectivity index (χ4v) is 5.99. The van der Waals surface area contributed by atoms with Gasteiger partial charge in [0.25, 0.3) is 0 Å². The van der Waals surface area contributed by atoms with Crippen molar-refractivity contribution < 1.29 is 13.2 Å². The molecule has 1 N–H and O–H groups in total. The topological polar surface area (TPSA) is 66.5 Å². The Balaban J connectivity index is 1.52. The molecular formula is C20H23BrN2O3S2. The number of carbonyl (C=O) groups excluding carboxylic acids is 1. The highest BCUT2D eigenvalue weighted by atomic mass is 79.9. The van der Waals surface area contributed by atoms with Crippen LogP contribution in [0, 0.1) is 0 Å². The van der Waals surface area contributed by atoms with Gasteiger partial charge in [-0.3, -0.25) is 4.79 Å². The van der Waals surface area contributed by atoms with Crippen LogP contribution >= 0.6 is 27.7 Å². The minimum atomic E-state index is -3.44. The molecule has 2 aromatic carbocycles. The number of halogens is 1. The highest BCUT2D eigenvalue weighted by Crippen LogP contribution is 2.23. The van der Waals surface area contributed by atoms with Gasteiger partial charge in [0.15, 0.2) is 0 Å². The maximum absolute atomic E-state index is 12.7. The SMILES string of the molecule is O=C(CSCc1ccccc1Br)Nc1ccc(S(=O)(=O)N2CCCCC2)cc1. The zero-order valence-electron chi connectivity index (χ0n) is 15.4. The van der Waals surface area contributed by atoms with E-state index in [4.69, 9.17) is 0 Å². The number of benzene rings is 2. The van der Waals surface area contributed by atoms with E-state index in [0.717, 1.165) is 35.1 Å². The fourth-order valence-electron chi connectivity index (χ4n) is 3.03. The molecule has 1 amide bonds. The molecule has 0 saturated carbocycles. The standard InChI is InChI=1S/C20H23BrN2O3S2/c21-19-7-3-2-6-16(19)14-27-15-20(24)22-17-8-10-18(11-9-17)28(25,26)23-12-4-1-5-13-23/h2-3,6-11H,1,4-5,12-15H2,(H,22,24). The number of carbonyl (C=O) groups is 1. The van der Waals surface area contributed by atoms with Gasteiger partial charge in [0, 0.05) is 29.0 Å². The van der Waals surface area contributed by atoms with E-state index in [1.165, 1.54) is 11.8 Å². The lowest BCUT2D eigenvalue weighted by molar-refractivity contribution is -0.113. The monoisotopic (exact) mass is 482 g/mol. The van der Waals surface area contributed by atoms with Gasteiger partial charge in [-0.15, -0.1) is 11.8 Å². The van der Waals surface area contributed by atoms with Gasteiger partial charge in [-0.25, -0.2) is 8.42 Å². The summed E-state index contributed by atoms with van der Waals surface area (Å²) < 4.78 is 27.9. The quantitative estimate of drug-likeness (QED) is 0.630. The van der Waals surface area contributed by atoms with Gasteiger partial charge in [-0.05, 0) is 48.7 Å². The summed E-state index contributed by atoms with van der Waals surface area (Å²) in [6.45, 7) is 1.16. The summed E-state index contributed by atoms with van der Waals surface area (Å²) in [5.74, 6) is 0.959. The number of rotatable bonds is 7. The molecule has 0 bridgehead atoms. The van der Waals surface area contributed by atoms with Gasteiger partial charge >= 0.3 is 0 Å². The molecule has 1 fully saturated rings. The maximum Gasteiger partial charge on any atom is 0.243 e. The molecule has 0 atom stereocenters. The summed E-state index contributed by atoms with van der Waals surface area (Å²) in [4.78, 5) is 12.4. The van der Waals surface area contributed by atoms with Crippen molar-refractivity contribution in [1.82, 2.24) is 4.31 Å². The number of nitrogens with one attached hydrogen (secondary N) is 1.